The smallest absolute Gasteiger partial charge is 0.326 e. The summed E-state index contributed by atoms with van der Waals surface area (Å²) in [5.74, 6) is -7.03. The minimum absolute atomic E-state index is 0.0137. The summed E-state index contributed by atoms with van der Waals surface area (Å²) in [5.41, 5.74) is 7.37. The average Bonchev–Trinajstić information content (AvgIpc) is 3.60. The van der Waals surface area contributed by atoms with Crippen molar-refractivity contribution in [3.05, 3.63) is 77.4 Å². The highest BCUT2D eigenvalue weighted by molar-refractivity contribution is 5.99. The van der Waals surface area contributed by atoms with Crippen LogP contribution in [0.15, 0.2) is 65.7 Å². The number of amides is 5. The molecule has 0 aromatic heterocycles. The van der Waals surface area contributed by atoms with Crippen molar-refractivity contribution in [2.24, 2.45) is 10.7 Å². The van der Waals surface area contributed by atoms with E-state index < -0.39 is 83.2 Å². The molecule has 0 fully saturated rings. The van der Waals surface area contributed by atoms with Crippen molar-refractivity contribution >= 4 is 47.4 Å². The Kier molecular flexibility index (Phi) is 15.7. The van der Waals surface area contributed by atoms with Crippen molar-refractivity contribution in [1.29, 1.82) is 0 Å². The van der Waals surface area contributed by atoms with Gasteiger partial charge < -0.3 is 57.9 Å². The Balaban J connectivity index is 1.27. The fourth-order valence-corrected chi connectivity index (χ4v) is 6.02. The average molecular weight is 790 g/mol. The van der Waals surface area contributed by atoms with Crippen LogP contribution in [0.5, 0.6) is 23.0 Å². The van der Waals surface area contributed by atoms with E-state index in [9.17, 15) is 54.3 Å². The van der Waals surface area contributed by atoms with Crippen LogP contribution >= 0.6 is 0 Å². The topological polar surface area (TPSA) is 302 Å². The third-order valence-electron chi connectivity index (χ3n) is 9.20. The summed E-state index contributed by atoms with van der Waals surface area (Å²) in [4.78, 5) is 80.3. The van der Waals surface area contributed by atoms with Gasteiger partial charge in [0.2, 0.25) is 17.7 Å². The molecule has 1 aliphatic heterocycles. The monoisotopic (exact) mass is 789 g/mol. The summed E-state index contributed by atoms with van der Waals surface area (Å²) < 4.78 is 0. The molecule has 4 atom stereocenters. The first-order valence-corrected chi connectivity index (χ1v) is 18.3. The Morgan fingerprint density at radius 1 is 0.667 bits per heavy atom. The minimum Gasteiger partial charge on any atom is -0.504 e. The number of nitrogens with two attached hydrogens (primary N) is 1. The molecule has 18 nitrogen and oxygen atoms in total. The van der Waals surface area contributed by atoms with Crippen molar-refractivity contribution in [3.63, 3.8) is 0 Å². The molecule has 0 saturated heterocycles. The van der Waals surface area contributed by atoms with E-state index in [-0.39, 0.29) is 49.4 Å². The Morgan fingerprint density at radius 2 is 1.25 bits per heavy atom. The highest BCUT2D eigenvalue weighted by atomic mass is 16.4. The number of nitrogens with zero attached hydrogens (tertiary/aromatic N) is 1. The van der Waals surface area contributed by atoms with E-state index in [4.69, 9.17) is 5.73 Å². The number of rotatable bonds is 21. The minimum atomic E-state index is -1.31. The van der Waals surface area contributed by atoms with Gasteiger partial charge in [0, 0.05) is 25.2 Å². The molecule has 0 radical (unpaired) electrons. The summed E-state index contributed by atoms with van der Waals surface area (Å²) in [6, 6.07) is 11.5. The normalized spacial score (nSPS) is 14.4. The molecule has 57 heavy (non-hydrogen) atoms. The molecule has 18 heteroatoms. The van der Waals surface area contributed by atoms with Crippen LogP contribution in [0.1, 0.15) is 77.1 Å². The number of para-hydroxylation sites is 3. The van der Waals surface area contributed by atoms with Crippen LogP contribution in [-0.2, 0) is 19.2 Å². The first-order chi connectivity index (χ1) is 27.3. The first kappa shape index (κ1) is 43.0. The summed E-state index contributed by atoms with van der Waals surface area (Å²) in [6.45, 7) is -0.0745. The summed E-state index contributed by atoms with van der Waals surface area (Å²) >= 11 is 0. The second kappa shape index (κ2) is 20.8. The van der Waals surface area contributed by atoms with Crippen molar-refractivity contribution in [2.75, 3.05) is 19.6 Å². The number of carbonyl (C=O) groups excluding carboxylic acids is 5. The van der Waals surface area contributed by atoms with Gasteiger partial charge in [0.15, 0.2) is 23.0 Å². The fraction of sp³-hybridized carbons (Fsp3) is 0.359. The van der Waals surface area contributed by atoms with Gasteiger partial charge >= 0.3 is 5.97 Å². The molecule has 12 N–H and O–H groups in total. The molecule has 0 spiro atoms. The summed E-state index contributed by atoms with van der Waals surface area (Å²) in [7, 11) is 0. The molecule has 5 amide bonds. The van der Waals surface area contributed by atoms with Crippen molar-refractivity contribution in [2.45, 2.75) is 69.0 Å². The molecule has 0 bridgehead atoms. The number of fused-ring (bicyclic) bond motifs is 1. The maximum absolute atomic E-state index is 13.6. The fourth-order valence-electron chi connectivity index (χ4n) is 6.02. The van der Waals surface area contributed by atoms with Crippen LogP contribution in [0.3, 0.4) is 0 Å². The molecule has 3 aromatic carbocycles. The standard InChI is InChI=1S/C39H47N7O11/c40-26(12-3-5-17-41-32(49)21-44-36(53)25-11-8-16-31(48)34(25)51)37(54)45-28(14-4-6-18-42-35(52)24-10-7-15-30(47)33(24)50)38(55)46-29(39(56)57)19-22-20-43-27-13-2-1-9-23(22)27/h1-2,7-11,13,15-16,20,22,26,28-29,47-48,50-51H,3-6,12,14,17-19,21,40H2,(H,41,49)(H,42,52)(H,44,53)(H,45,54)(H,46,55)(H,56,57). The number of phenolic OH excluding ortho intramolecular Hbond substituents is 4. The Labute approximate surface area is 327 Å². The van der Waals surface area contributed by atoms with E-state index >= 15 is 0 Å². The van der Waals surface area contributed by atoms with Gasteiger partial charge in [-0.2, -0.15) is 0 Å². The lowest BCUT2D eigenvalue weighted by atomic mass is 9.93. The van der Waals surface area contributed by atoms with Gasteiger partial charge in [-0.25, -0.2) is 4.79 Å². The van der Waals surface area contributed by atoms with E-state index in [1.54, 1.807) is 12.3 Å². The third-order valence-corrected chi connectivity index (χ3v) is 9.20. The number of hydrogen-bond donors (Lipinski definition) is 11. The number of carboxylic acids is 1. The van der Waals surface area contributed by atoms with Gasteiger partial charge in [-0.05, 0) is 80.8 Å². The van der Waals surface area contributed by atoms with Crippen molar-refractivity contribution in [3.8, 4) is 23.0 Å². The molecular weight excluding hydrogens is 742 g/mol. The number of aromatic hydroxyl groups is 4. The number of phenols is 4. The van der Waals surface area contributed by atoms with Gasteiger partial charge in [0.1, 0.15) is 12.1 Å². The molecule has 4 rings (SSSR count). The zero-order valence-corrected chi connectivity index (χ0v) is 30.9. The van der Waals surface area contributed by atoms with Gasteiger partial charge in [-0.3, -0.25) is 29.0 Å². The van der Waals surface area contributed by atoms with Crippen LogP contribution in [0.4, 0.5) is 5.69 Å². The molecule has 1 heterocycles. The first-order valence-electron chi connectivity index (χ1n) is 18.3. The number of carbonyl (C=O) groups is 6. The zero-order valence-electron chi connectivity index (χ0n) is 30.9. The van der Waals surface area contributed by atoms with Crippen LogP contribution < -0.4 is 32.3 Å². The number of hydrogen-bond acceptors (Lipinski definition) is 12. The van der Waals surface area contributed by atoms with Gasteiger partial charge in [-0.1, -0.05) is 30.3 Å². The number of unbranched alkanes of at least 4 members (excludes halogenated alkanes) is 2. The highest BCUT2D eigenvalue weighted by Crippen LogP contribution is 2.34. The molecule has 4 unspecified atom stereocenters. The Hall–Kier alpha value is -6.69. The predicted octanol–water partition coefficient (Wildman–Crippen LogP) is 1.40. The molecule has 0 saturated carbocycles. The second-order valence-electron chi connectivity index (χ2n) is 13.4. The number of aliphatic carboxylic acids is 1. The number of aliphatic imine (C=N–C) groups is 1. The van der Waals surface area contributed by atoms with E-state index in [1.807, 2.05) is 18.2 Å². The van der Waals surface area contributed by atoms with Crippen molar-refractivity contribution in [1.82, 2.24) is 26.6 Å². The maximum atomic E-state index is 13.6. The van der Waals surface area contributed by atoms with Crippen LogP contribution in [0, 0.1) is 0 Å². The summed E-state index contributed by atoms with van der Waals surface area (Å²) in [6.07, 6.45) is 3.33. The second-order valence-corrected chi connectivity index (χ2v) is 13.4. The Morgan fingerprint density at radius 3 is 1.89 bits per heavy atom. The van der Waals surface area contributed by atoms with Crippen LogP contribution in [0.2, 0.25) is 0 Å². The molecule has 0 aliphatic carbocycles. The van der Waals surface area contributed by atoms with E-state index in [2.05, 4.69) is 31.6 Å². The van der Waals surface area contributed by atoms with E-state index in [0.29, 0.717) is 31.4 Å². The number of carboxylic acid groups (broad SMARTS) is 1. The van der Waals surface area contributed by atoms with E-state index in [1.165, 1.54) is 36.4 Å². The number of nitrogens with one attached hydrogen (secondary N) is 5. The van der Waals surface area contributed by atoms with Crippen LogP contribution in [-0.4, -0.2) is 105 Å². The zero-order chi connectivity index (χ0) is 41.5. The molecule has 304 valence electrons. The molecular formula is C39H47N7O11. The quantitative estimate of drug-likeness (QED) is 0.0539. The van der Waals surface area contributed by atoms with Gasteiger partial charge in [-0.15, -0.1) is 0 Å². The number of benzene rings is 3. The lowest BCUT2D eigenvalue weighted by molar-refractivity contribution is -0.142. The maximum Gasteiger partial charge on any atom is 0.326 e. The van der Waals surface area contributed by atoms with Crippen molar-refractivity contribution < 1.29 is 54.3 Å². The lowest BCUT2D eigenvalue weighted by Crippen LogP contribution is -2.54. The highest BCUT2D eigenvalue weighted by Gasteiger charge is 2.31. The lowest BCUT2D eigenvalue weighted by Gasteiger charge is -2.24. The van der Waals surface area contributed by atoms with Gasteiger partial charge in [0.05, 0.1) is 29.4 Å². The largest absolute Gasteiger partial charge is 0.504 e. The SMILES string of the molecule is NC(CCCCNC(=O)CNC(=O)c1cccc(O)c1O)C(=O)NC(CCCCNC(=O)c1cccc(O)c1O)C(=O)NC(CC1C=Nc2ccccc21)C(=O)O. The van der Waals surface area contributed by atoms with E-state index in [0.717, 1.165) is 5.56 Å². The predicted molar refractivity (Wildman–Crippen MR) is 206 cm³/mol. The summed E-state index contributed by atoms with van der Waals surface area (Å²) in [5, 5.41) is 61.8. The molecule has 3 aromatic rings. The Bertz CT molecular complexity index is 1970. The van der Waals surface area contributed by atoms with Crippen LogP contribution in [0.25, 0.3) is 0 Å². The molecule has 1 aliphatic rings. The third kappa shape index (κ3) is 12.4. The van der Waals surface area contributed by atoms with Gasteiger partial charge in [0.25, 0.3) is 11.8 Å².